The minimum Gasteiger partial charge on any atom is -0.441 e. The number of hydrogen-bond donors (Lipinski definition) is 2. The minimum absolute atomic E-state index is 0.139. The van der Waals surface area contributed by atoms with E-state index in [2.05, 4.69) is 27.7 Å². The molecular weight excluding hydrogens is 383 g/mol. The Kier molecular flexibility index (Phi) is 6.95. The molecule has 0 amide bonds. The lowest BCUT2D eigenvalue weighted by atomic mass is 9.43. The summed E-state index contributed by atoms with van der Waals surface area (Å²) in [7, 11) is 1.90. The highest BCUT2D eigenvalue weighted by atomic mass is 16.4. The first-order chi connectivity index (χ1) is 14.7. The first kappa shape index (κ1) is 24.1. The molecule has 10 atom stereocenters. The second-order valence-electron chi connectivity index (χ2n) is 12.8. The number of aliphatic hydroxyl groups excluding tert-OH is 1. The molecule has 4 aliphatic carbocycles. The molecule has 4 heteroatoms. The summed E-state index contributed by atoms with van der Waals surface area (Å²) in [6.07, 6.45) is 15.3. The van der Waals surface area contributed by atoms with Crippen LogP contribution >= 0.6 is 0 Å². The summed E-state index contributed by atoms with van der Waals surface area (Å²) in [6.45, 7) is 9.48. The number of aliphatic hydroxyl groups is 2. The van der Waals surface area contributed by atoms with E-state index >= 15 is 0 Å². The molecule has 3 nitrogen and oxygen atoms in total. The van der Waals surface area contributed by atoms with Gasteiger partial charge in [0.2, 0.25) is 0 Å². The van der Waals surface area contributed by atoms with Gasteiger partial charge in [0.05, 0.1) is 11.7 Å². The number of unbranched alkanes of at least 4 members (excludes halogenated alkanes) is 3. The van der Waals surface area contributed by atoms with Crippen LogP contribution in [0.3, 0.4) is 0 Å². The van der Waals surface area contributed by atoms with Gasteiger partial charge in [0.15, 0.2) is 0 Å². The summed E-state index contributed by atoms with van der Waals surface area (Å²) in [5, 5.41) is 22.0. The monoisotopic (exact) mass is 432 g/mol. The second-order valence-corrected chi connectivity index (χ2v) is 12.8. The van der Waals surface area contributed by atoms with Gasteiger partial charge in [-0.25, -0.2) is 0 Å². The van der Waals surface area contributed by atoms with Gasteiger partial charge < -0.3 is 14.9 Å². The first-order valence-corrected chi connectivity index (χ1v) is 13.6. The van der Waals surface area contributed by atoms with Gasteiger partial charge in [-0.05, 0) is 105 Å². The standard InChI is InChI=1S/C27H49BO3/c1-5-6-7-8-13-27(4,30)24-10-9-20-19-17-23(31-28)22-16-18(29)11-14-25(22,2)21(19)12-15-26(20,24)3/h18-24,29-30H,5-17,28H2,1-4H3/t18-,19?,20?,21?,22+,23-,24-,25+,26-,27-/m0/s1. The predicted octanol–water partition coefficient (Wildman–Crippen LogP) is 5.27. The van der Waals surface area contributed by atoms with E-state index in [0.717, 1.165) is 49.9 Å². The normalized spacial score (nSPS) is 49.0. The molecule has 0 bridgehead atoms. The largest absolute Gasteiger partial charge is 0.441 e. The lowest BCUT2D eigenvalue weighted by molar-refractivity contribution is -0.173. The van der Waals surface area contributed by atoms with Crippen molar-refractivity contribution in [2.45, 2.75) is 129 Å². The Morgan fingerprint density at radius 3 is 2.35 bits per heavy atom. The third kappa shape index (κ3) is 4.05. The Balaban J connectivity index is 1.54. The Labute approximate surface area is 192 Å². The SMILES string of the molecule is BO[C@H]1CC2C3CC[C@H]([C@@](C)(O)CCCCCC)[C@@]3(C)CCC2[C@@]2(C)CC[C@H](O)C[C@H]12. The lowest BCUT2D eigenvalue weighted by Crippen LogP contribution is -2.59. The van der Waals surface area contributed by atoms with Crippen LogP contribution in [0.4, 0.5) is 0 Å². The summed E-state index contributed by atoms with van der Waals surface area (Å²) >= 11 is 0. The molecule has 0 saturated heterocycles. The molecule has 31 heavy (non-hydrogen) atoms. The predicted molar refractivity (Wildman–Crippen MR) is 129 cm³/mol. The summed E-state index contributed by atoms with van der Waals surface area (Å²) < 4.78 is 6.11. The molecule has 0 radical (unpaired) electrons. The molecule has 178 valence electrons. The fraction of sp³-hybridized carbons (Fsp3) is 1.00. The van der Waals surface area contributed by atoms with Crippen LogP contribution in [-0.4, -0.2) is 36.1 Å². The van der Waals surface area contributed by atoms with Crippen LogP contribution in [0.5, 0.6) is 0 Å². The van der Waals surface area contributed by atoms with Crippen molar-refractivity contribution < 1.29 is 14.9 Å². The zero-order chi connectivity index (χ0) is 22.4. The lowest BCUT2D eigenvalue weighted by Gasteiger charge is -2.63. The van der Waals surface area contributed by atoms with Gasteiger partial charge in [-0.15, -0.1) is 0 Å². The highest BCUT2D eigenvalue weighted by Gasteiger charge is 2.63. The van der Waals surface area contributed by atoms with Gasteiger partial charge in [0.1, 0.15) is 0 Å². The maximum absolute atomic E-state index is 11.6. The van der Waals surface area contributed by atoms with E-state index in [4.69, 9.17) is 4.65 Å². The fourth-order valence-electron chi connectivity index (χ4n) is 9.61. The van der Waals surface area contributed by atoms with Gasteiger partial charge in [-0.3, -0.25) is 0 Å². The third-order valence-corrected chi connectivity index (χ3v) is 11.2. The average Bonchev–Trinajstić information content (AvgIpc) is 3.09. The molecule has 4 aliphatic rings. The van der Waals surface area contributed by atoms with Crippen molar-refractivity contribution >= 4 is 8.05 Å². The molecule has 0 aliphatic heterocycles. The van der Waals surface area contributed by atoms with Crippen molar-refractivity contribution in [3.8, 4) is 0 Å². The molecule has 4 saturated carbocycles. The van der Waals surface area contributed by atoms with Crippen molar-refractivity contribution in [2.75, 3.05) is 0 Å². The summed E-state index contributed by atoms with van der Waals surface area (Å²) in [5.74, 6) is 3.16. The zero-order valence-electron chi connectivity index (χ0n) is 21.0. The van der Waals surface area contributed by atoms with Gasteiger partial charge >= 0.3 is 0 Å². The topological polar surface area (TPSA) is 49.7 Å². The third-order valence-electron chi connectivity index (χ3n) is 11.2. The Morgan fingerprint density at radius 1 is 0.935 bits per heavy atom. The number of hydrogen-bond acceptors (Lipinski definition) is 3. The van der Waals surface area contributed by atoms with Gasteiger partial charge in [0, 0.05) is 6.10 Å². The van der Waals surface area contributed by atoms with Crippen molar-refractivity contribution in [1.82, 2.24) is 0 Å². The molecule has 0 aromatic rings. The van der Waals surface area contributed by atoms with Crippen LogP contribution < -0.4 is 0 Å². The number of rotatable bonds is 7. The second kappa shape index (κ2) is 8.95. The fourth-order valence-corrected chi connectivity index (χ4v) is 9.61. The van der Waals surface area contributed by atoms with Crippen molar-refractivity contribution in [3.63, 3.8) is 0 Å². The highest BCUT2D eigenvalue weighted by molar-refractivity contribution is 5.98. The van der Waals surface area contributed by atoms with Crippen LogP contribution in [-0.2, 0) is 4.65 Å². The molecule has 4 fully saturated rings. The maximum atomic E-state index is 11.6. The van der Waals surface area contributed by atoms with Crippen LogP contribution in [0.2, 0.25) is 0 Å². The summed E-state index contributed by atoms with van der Waals surface area (Å²) in [4.78, 5) is 0. The molecule has 0 aromatic heterocycles. The Hall–Kier alpha value is -0.0551. The molecule has 3 unspecified atom stereocenters. The quantitative estimate of drug-likeness (QED) is 0.426. The van der Waals surface area contributed by atoms with Crippen molar-refractivity contribution in [3.05, 3.63) is 0 Å². The molecule has 0 spiro atoms. The average molecular weight is 432 g/mol. The first-order valence-electron chi connectivity index (χ1n) is 13.6. The van der Waals surface area contributed by atoms with Crippen molar-refractivity contribution in [2.24, 2.45) is 40.4 Å². The summed E-state index contributed by atoms with van der Waals surface area (Å²) in [5.41, 5.74) is 0.0524. The highest BCUT2D eigenvalue weighted by Crippen LogP contribution is 2.69. The minimum atomic E-state index is -0.527. The molecule has 4 rings (SSSR count). The molecular formula is C27H49BO3. The van der Waals surface area contributed by atoms with Crippen LogP contribution in [0.15, 0.2) is 0 Å². The Bertz CT molecular complexity index is 624. The maximum Gasteiger partial charge on any atom is 0.257 e. The van der Waals surface area contributed by atoms with Gasteiger partial charge in [-0.2, -0.15) is 0 Å². The Morgan fingerprint density at radius 2 is 1.65 bits per heavy atom. The summed E-state index contributed by atoms with van der Waals surface area (Å²) in [6, 6.07) is 0. The van der Waals surface area contributed by atoms with Crippen molar-refractivity contribution in [1.29, 1.82) is 0 Å². The molecule has 2 N–H and O–H groups in total. The van der Waals surface area contributed by atoms with E-state index in [9.17, 15) is 10.2 Å². The van der Waals surface area contributed by atoms with Gasteiger partial charge in [-0.1, -0.05) is 46.5 Å². The molecule has 0 heterocycles. The van der Waals surface area contributed by atoms with E-state index in [0.29, 0.717) is 17.3 Å². The van der Waals surface area contributed by atoms with E-state index in [-0.39, 0.29) is 17.6 Å². The van der Waals surface area contributed by atoms with Crippen LogP contribution in [0, 0.1) is 40.4 Å². The van der Waals surface area contributed by atoms with E-state index < -0.39 is 5.60 Å². The van der Waals surface area contributed by atoms with E-state index in [1.54, 1.807) is 0 Å². The van der Waals surface area contributed by atoms with Gasteiger partial charge in [0.25, 0.3) is 8.05 Å². The van der Waals surface area contributed by atoms with E-state index in [1.807, 2.05) is 8.05 Å². The van der Waals surface area contributed by atoms with Crippen LogP contribution in [0.1, 0.15) is 111 Å². The van der Waals surface area contributed by atoms with E-state index in [1.165, 1.54) is 51.4 Å². The number of fused-ring (bicyclic) bond motifs is 5. The smallest absolute Gasteiger partial charge is 0.257 e. The molecule has 0 aromatic carbocycles. The van der Waals surface area contributed by atoms with Crippen LogP contribution in [0.25, 0.3) is 0 Å². The zero-order valence-corrected chi connectivity index (χ0v) is 21.0.